The summed E-state index contributed by atoms with van der Waals surface area (Å²) in [5, 5.41) is 6.37. The van der Waals surface area contributed by atoms with Crippen molar-refractivity contribution < 1.29 is 4.79 Å². The molecule has 0 radical (unpaired) electrons. The van der Waals surface area contributed by atoms with Gasteiger partial charge < -0.3 is 15.5 Å². The molecule has 0 aromatic heterocycles. The average Bonchev–Trinajstić information content (AvgIpc) is 2.29. The molecule has 1 aliphatic rings. The summed E-state index contributed by atoms with van der Waals surface area (Å²) in [5.41, 5.74) is 0. The van der Waals surface area contributed by atoms with Crippen molar-refractivity contribution in [3.63, 3.8) is 0 Å². The van der Waals surface area contributed by atoms with Crippen LogP contribution in [0.15, 0.2) is 0 Å². The zero-order valence-corrected chi connectivity index (χ0v) is 9.88. The van der Waals surface area contributed by atoms with E-state index in [1.165, 1.54) is 12.8 Å². The fourth-order valence-corrected chi connectivity index (χ4v) is 1.93. The lowest BCUT2D eigenvalue weighted by Crippen LogP contribution is -2.47. The molecular formula is C11H23N3O. The Morgan fingerprint density at radius 3 is 2.93 bits per heavy atom. The number of piperidine rings is 1. The molecule has 1 saturated heterocycles. The highest BCUT2D eigenvalue weighted by atomic mass is 16.2. The number of amides is 1. The molecule has 1 rings (SSSR count). The molecule has 0 aromatic carbocycles. The summed E-state index contributed by atoms with van der Waals surface area (Å²) in [7, 11) is 3.83. The average molecular weight is 213 g/mol. The van der Waals surface area contributed by atoms with E-state index in [-0.39, 0.29) is 11.9 Å². The summed E-state index contributed by atoms with van der Waals surface area (Å²) in [5.74, 6) is 0.255. The predicted molar refractivity (Wildman–Crippen MR) is 61.8 cm³/mol. The SMILES string of the molecule is CNCCCN(C)C(=O)[C@@H]1CCCCN1. The molecule has 4 nitrogen and oxygen atoms in total. The molecule has 15 heavy (non-hydrogen) atoms. The fraction of sp³-hybridized carbons (Fsp3) is 0.909. The number of rotatable bonds is 5. The number of carbonyl (C=O) groups is 1. The van der Waals surface area contributed by atoms with Crippen LogP contribution in [0.25, 0.3) is 0 Å². The first-order valence-electron chi connectivity index (χ1n) is 5.88. The highest BCUT2D eigenvalue weighted by Gasteiger charge is 2.22. The van der Waals surface area contributed by atoms with Gasteiger partial charge in [0.2, 0.25) is 5.91 Å². The molecule has 1 amide bonds. The van der Waals surface area contributed by atoms with E-state index in [1.807, 2.05) is 19.0 Å². The number of hydrogen-bond acceptors (Lipinski definition) is 3. The molecule has 0 saturated carbocycles. The zero-order valence-electron chi connectivity index (χ0n) is 9.88. The van der Waals surface area contributed by atoms with Crippen LogP contribution in [0.1, 0.15) is 25.7 Å². The van der Waals surface area contributed by atoms with Crippen LogP contribution < -0.4 is 10.6 Å². The van der Waals surface area contributed by atoms with E-state index in [0.717, 1.165) is 32.5 Å². The Morgan fingerprint density at radius 1 is 1.53 bits per heavy atom. The van der Waals surface area contributed by atoms with Gasteiger partial charge in [-0.3, -0.25) is 4.79 Å². The summed E-state index contributed by atoms with van der Waals surface area (Å²) >= 11 is 0. The molecule has 1 atom stereocenters. The molecule has 0 spiro atoms. The maximum atomic E-state index is 11.9. The van der Waals surface area contributed by atoms with Gasteiger partial charge >= 0.3 is 0 Å². The van der Waals surface area contributed by atoms with Crippen molar-refractivity contribution in [3.05, 3.63) is 0 Å². The van der Waals surface area contributed by atoms with E-state index in [4.69, 9.17) is 0 Å². The third-order valence-electron chi connectivity index (χ3n) is 2.90. The van der Waals surface area contributed by atoms with Gasteiger partial charge in [0.1, 0.15) is 0 Å². The molecule has 0 unspecified atom stereocenters. The van der Waals surface area contributed by atoms with Crippen molar-refractivity contribution in [2.24, 2.45) is 0 Å². The fourth-order valence-electron chi connectivity index (χ4n) is 1.93. The third-order valence-corrected chi connectivity index (χ3v) is 2.90. The minimum absolute atomic E-state index is 0.0679. The summed E-state index contributed by atoms with van der Waals surface area (Å²) in [4.78, 5) is 13.8. The van der Waals surface area contributed by atoms with Crippen LogP contribution in [0, 0.1) is 0 Å². The van der Waals surface area contributed by atoms with Gasteiger partial charge in [-0.05, 0) is 39.4 Å². The first-order chi connectivity index (χ1) is 7.25. The van der Waals surface area contributed by atoms with Gasteiger partial charge in [0.25, 0.3) is 0 Å². The first-order valence-corrected chi connectivity index (χ1v) is 5.88. The quantitative estimate of drug-likeness (QED) is 0.641. The van der Waals surface area contributed by atoms with E-state index in [9.17, 15) is 4.79 Å². The molecule has 0 aromatic rings. The second-order valence-electron chi connectivity index (χ2n) is 4.22. The van der Waals surface area contributed by atoms with Crippen LogP contribution in [-0.4, -0.2) is 50.6 Å². The summed E-state index contributed by atoms with van der Waals surface area (Å²) in [6, 6.07) is 0.0679. The van der Waals surface area contributed by atoms with E-state index >= 15 is 0 Å². The van der Waals surface area contributed by atoms with Gasteiger partial charge in [0, 0.05) is 13.6 Å². The van der Waals surface area contributed by atoms with Crippen molar-refractivity contribution in [1.29, 1.82) is 0 Å². The second kappa shape index (κ2) is 6.80. The van der Waals surface area contributed by atoms with Crippen molar-refractivity contribution in [2.75, 3.05) is 33.7 Å². The summed E-state index contributed by atoms with van der Waals surface area (Å²) in [6.07, 6.45) is 4.39. The Morgan fingerprint density at radius 2 is 2.33 bits per heavy atom. The van der Waals surface area contributed by atoms with Gasteiger partial charge in [-0.1, -0.05) is 6.42 Å². The van der Waals surface area contributed by atoms with Gasteiger partial charge in [-0.15, -0.1) is 0 Å². The largest absolute Gasteiger partial charge is 0.344 e. The Bertz CT molecular complexity index is 190. The Hall–Kier alpha value is -0.610. The minimum Gasteiger partial charge on any atom is -0.344 e. The van der Waals surface area contributed by atoms with Crippen molar-refractivity contribution in [1.82, 2.24) is 15.5 Å². The molecule has 2 N–H and O–H groups in total. The van der Waals surface area contributed by atoms with E-state index in [0.29, 0.717) is 0 Å². The molecule has 1 heterocycles. The van der Waals surface area contributed by atoms with Gasteiger partial charge in [-0.25, -0.2) is 0 Å². The number of carbonyl (C=O) groups excluding carboxylic acids is 1. The molecule has 88 valence electrons. The molecule has 4 heteroatoms. The molecule has 0 bridgehead atoms. The highest BCUT2D eigenvalue weighted by Crippen LogP contribution is 2.09. The monoisotopic (exact) mass is 213 g/mol. The highest BCUT2D eigenvalue weighted by molar-refractivity contribution is 5.81. The van der Waals surface area contributed by atoms with Gasteiger partial charge in [-0.2, -0.15) is 0 Å². The van der Waals surface area contributed by atoms with Crippen molar-refractivity contribution in [2.45, 2.75) is 31.7 Å². The summed E-state index contributed by atoms with van der Waals surface area (Å²) < 4.78 is 0. The lowest BCUT2D eigenvalue weighted by atomic mass is 10.0. The van der Waals surface area contributed by atoms with Gasteiger partial charge in [0.05, 0.1) is 6.04 Å². The molecular weight excluding hydrogens is 190 g/mol. The van der Waals surface area contributed by atoms with Gasteiger partial charge in [0.15, 0.2) is 0 Å². The van der Waals surface area contributed by atoms with Crippen LogP contribution in [0.5, 0.6) is 0 Å². The number of nitrogens with zero attached hydrogens (tertiary/aromatic N) is 1. The number of likely N-dealkylation sites (N-methyl/N-ethyl adjacent to an activating group) is 1. The van der Waals surface area contributed by atoms with E-state index < -0.39 is 0 Å². The normalized spacial score (nSPS) is 21.3. The lowest BCUT2D eigenvalue weighted by Gasteiger charge is -2.27. The topological polar surface area (TPSA) is 44.4 Å². The van der Waals surface area contributed by atoms with Crippen molar-refractivity contribution in [3.8, 4) is 0 Å². The summed E-state index contributed by atoms with van der Waals surface area (Å²) in [6.45, 7) is 2.80. The van der Waals surface area contributed by atoms with Crippen molar-refractivity contribution >= 4 is 5.91 Å². The van der Waals surface area contributed by atoms with Crippen LogP contribution in [-0.2, 0) is 4.79 Å². The molecule has 1 fully saturated rings. The minimum atomic E-state index is 0.0679. The Labute approximate surface area is 92.4 Å². The maximum absolute atomic E-state index is 11.9. The maximum Gasteiger partial charge on any atom is 0.239 e. The first kappa shape index (κ1) is 12.5. The Kier molecular flexibility index (Phi) is 5.65. The zero-order chi connectivity index (χ0) is 11.1. The third kappa shape index (κ3) is 4.18. The van der Waals surface area contributed by atoms with Crippen LogP contribution in [0.3, 0.4) is 0 Å². The predicted octanol–water partition coefficient (Wildman–Crippen LogP) is 0.196. The smallest absolute Gasteiger partial charge is 0.239 e. The second-order valence-corrected chi connectivity index (χ2v) is 4.22. The molecule has 1 aliphatic heterocycles. The number of hydrogen-bond donors (Lipinski definition) is 2. The number of nitrogens with one attached hydrogen (secondary N) is 2. The lowest BCUT2D eigenvalue weighted by molar-refractivity contribution is -0.132. The Balaban J connectivity index is 2.24. The van der Waals surface area contributed by atoms with Crippen LogP contribution in [0.4, 0.5) is 0 Å². The van der Waals surface area contributed by atoms with E-state index in [1.54, 1.807) is 0 Å². The molecule has 0 aliphatic carbocycles. The van der Waals surface area contributed by atoms with Crippen LogP contribution in [0.2, 0.25) is 0 Å². The standard InChI is InChI=1S/C11H23N3O/c1-12-7-5-9-14(2)11(15)10-6-3-4-8-13-10/h10,12-13H,3-9H2,1-2H3/t10-/m0/s1. The van der Waals surface area contributed by atoms with Crippen LogP contribution >= 0.6 is 0 Å². The van der Waals surface area contributed by atoms with E-state index in [2.05, 4.69) is 10.6 Å².